The fourth-order valence-corrected chi connectivity index (χ4v) is 5.35. The summed E-state index contributed by atoms with van der Waals surface area (Å²) in [6, 6.07) is 8.60. The maximum atomic E-state index is 12.9. The highest BCUT2D eigenvalue weighted by molar-refractivity contribution is 7.99. The number of carbonyl (C=O) groups excluding carboxylic acids is 1. The molecule has 0 aliphatic heterocycles. The molecule has 1 aromatic carbocycles. The topological polar surface area (TPSA) is 121 Å². The molecule has 1 aromatic heterocycles. The minimum atomic E-state index is -3.60. The van der Waals surface area contributed by atoms with Crippen molar-refractivity contribution in [1.82, 2.24) is 24.4 Å². The van der Waals surface area contributed by atoms with E-state index in [-0.39, 0.29) is 29.1 Å². The molecular formula is C20H28N6O3S2. The van der Waals surface area contributed by atoms with Gasteiger partial charge in [-0.3, -0.25) is 9.36 Å². The van der Waals surface area contributed by atoms with Gasteiger partial charge in [0.15, 0.2) is 11.0 Å². The van der Waals surface area contributed by atoms with Crippen LogP contribution in [0.15, 0.2) is 34.3 Å². The van der Waals surface area contributed by atoms with Crippen LogP contribution in [0.2, 0.25) is 0 Å². The number of hydrogen-bond donors (Lipinski definition) is 1. The molecule has 0 aliphatic carbocycles. The van der Waals surface area contributed by atoms with Crippen molar-refractivity contribution in [2.24, 2.45) is 0 Å². The van der Waals surface area contributed by atoms with E-state index in [9.17, 15) is 13.2 Å². The second-order valence-corrected chi connectivity index (χ2v) is 9.65. The predicted molar refractivity (Wildman–Crippen MR) is 120 cm³/mol. The van der Waals surface area contributed by atoms with Crippen LogP contribution < -0.4 is 5.32 Å². The van der Waals surface area contributed by atoms with Crippen molar-refractivity contribution in [2.45, 2.75) is 50.2 Å². The van der Waals surface area contributed by atoms with Crippen molar-refractivity contribution < 1.29 is 13.2 Å². The van der Waals surface area contributed by atoms with Crippen LogP contribution in [-0.4, -0.2) is 58.8 Å². The number of amides is 1. The molecule has 1 amide bonds. The van der Waals surface area contributed by atoms with Gasteiger partial charge in [-0.25, -0.2) is 8.42 Å². The third-order valence-corrected chi connectivity index (χ3v) is 7.82. The predicted octanol–water partition coefficient (Wildman–Crippen LogP) is 2.68. The van der Waals surface area contributed by atoms with E-state index in [0.29, 0.717) is 29.6 Å². The second kappa shape index (κ2) is 11.3. The highest BCUT2D eigenvalue weighted by atomic mass is 32.2. The smallest absolute Gasteiger partial charge is 0.243 e. The first-order valence-corrected chi connectivity index (χ1v) is 12.5. The van der Waals surface area contributed by atoms with E-state index < -0.39 is 10.0 Å². The molecule has 31 heavy (non-hydrogen) atoms. The summed E-state index contributed by atoms with van der Waals surface area (Å²) >= 11 is 1.23. The average Bonchev–Trinajstić information content (AvgIpc) is 3.20. The maximum Gasteiger partial charge on any atom is 0.243 e. The lowest BCUT2D eigenvalue weighted by Gasteiger charge is -2.19. The van der Waals surface area contributed by atoms with Gasteiger partial charge in [0.2, 0.25) is 15.9 Å². The Hall–Kier alpha value is -2.42. The third-order valence-electron chi connectivity index (χ3n) is 4.83. The summed E-state index contributed by atoms with van der Waals surface area (Å²) in [6.07, 6.45) is 0.802. The molecule has 1 unspecified atom stereocenters. The minimum Gasteiger partial charge on any atom is -0.342 e. The molecule has 0 bridgehead atoms. The van der Waals surface area contributed by atoms with Crippen molar-refractivity contribution in [1.29, 1.82) is 5.26 Å². The Bertz CT molecular complexity index is 1040. The number of rotatable bonds is 11. The summed E-state index contributed by atoms with van der Waals surface area (Å²) in [4.78, 5) is 12.1. The van der Waals surface area contributed by atoms with E-state index in [0.717, 1.165) is 6.42 Å². The molecule has 168 valence electrons. The Morgan fingerprint density at radius 3 is 2.61 bits per heavy atom. The normalized spacial score (nSPS) is 12.5. The number of nitriles is 1. The number of nitrogens with one attached hydrogen (secondary N) is 1. The lowest BCUT2D eigenvalue weighted by atomic mass is 10.2. The van der Waals surface area contributed by atoms with Gasteiger partial charge in [-0.2, -0.15) is 9.57 Å². The van der Waals surface area contributed by atoms with E-state index in [1.807, 2.05) is 24.5 Å². The van der Waals surface area contributed by atoms with Gasteiger partial charge in [-0.1, -0.05) is 44.7 Å². The Labute approximate surface area is 187 Å². The second-order valence-electron chi connectivity index (χ2n) is 6.77. The summed E-state index contributed by atoms with van der Waals surface area (Å²) in [6.45, 7) is 8.40. The van der Waals surface area contributed by atoms with Crippen LogP contribution in [0, 0.1) is 11.3 Å². The number of hydrogen-bond acceptors (Lipinski definition) is 7. The van der Waals surface area contributed by atoms with Gasteiger partial charge < -0.3 is 5.32 Å². The Kier molecular flexibility index (Phi) is 9.03. The first kappa shape index (κ1) is 24.8. The molecule has 1 N–H and O–H groups in total. The number of benzene rings is 1. The van der Waals surface area contributed by atoms with E-state index in [2.05, 4.69) is 15.5 Å². The molecule has 1 atom stereocenters. The summed E-state index contributed by atoms with van der Waals surface area (Å²) in [5, 5.41) is 20.2. The molecule has 0 aliphatic rings. The molecule has 0 radical (unpaired) electrons. The molecular weight excluding hydrogens is 436 g/mol. The largest absolute Gasteiger partial charge is 0.342 e. The monoisotopic (exact) mass is 464 g/mol. The van der Waals surface area contributed by atoms with Gasteiger partial charge in [-0.05, 0) is 25.5 Å². The standard InChI is InChI=1S/C20H28N6O3S2/c1-5-15(4)26-19(23-24-20(26)30-14-18(27)22-12-11-21)16-9-8-10-17(13-16)31(28,29)25(6-2)7-3/h8-10,13,15H,5-7,12,14H2,1-4H3,(H,22,27). The van der Waals surface area contributed by atoms with Crippen LogP contribution in [0.3, 0.4) is 0 Å². The lowest BCUT2D eigenvalue weighted by molar-refractivity contribution is -0.118. The Morgan fingerprint density at radius 1 is 1.29 bits per heavy atom. The van der Waals surface area contributed by atoms with Crippen LogP contribution in [0.4, 0.5) is 0 Å². The van der Waals surface area contributed by atoms with Gasteiger partial charge >= 0.3 is 0 Å². The first-order chi connectivity index (χ1) is 14.8. The van der Waals surface area contributed by atoms with Crippen LogP contribution in [0.5, 0.6) is 0 Å². The number of nitrogens with zero attached hydrogens (tertiary/aromatic N) is 5. The Morgan fingerprint density at radius 2 is 2.00 bits per heavy atom. The summed E-state index contributed by atoms with van der Waals surface area (Å²) < 4.78 is 29.2. The van der Waals surface area contributed by atoms with Crippen molar-refractivity contribution in [3.8, 4) is 17.5 Å². The fraction of sp³-hybridized carbons (Fsp3) is 0.500. The molecule has 0 spiro atoms. The van der Waals surface area contributed by atoms with Crippen LogP contribution in [-0.2, 0) is 14.8 Å². The quantitative estimate of drug-likeness (QED) is 0.401. The van der Waals surface area contributed by atoms with E-state index >= 15 is 0 Å². The maximum absolute atomic E-state index is 12.9. The van der Waals surface area contributed by atoms with Crippen molar-refractivity contribution in [3.63, 3.8) is 0 Å². The third kappa shape index (κ3) is 5.84. The molecule has 2 aromatic rings. The average molecular weight is 465 g/mol. The van der Waals surface area contributed by atoms with E-state index in [4.69, 9.17) is 5.26 Å². The van der Waals surface area contributed by atoms with Crippen LogP contribution >= 0.6 is 11.8 Å². The highest BCUT2D eigenvalue weighted by Gasteiger charge is 2.24. The SMILES string of the molecule is CCC(C)n1c(SCC(=O)NCC#N)nnc1-c1cccc(S(=O)(=O)N(CC)CC)c1. The highest BCUT2D eigenvalue weighted by Crippen LogP contribution is 2.30. The van der Waals surface area contributed by atoms with E-state index in [1.54, 1.807) is 38.1 Å². The number of sulfonamides is 1. The van der Waals surface area contributed by atoms with E-state index in [1.165, 1.54) is 16.1 Å². The number of aromatic nitrogens is 3. The van der Waals surface area contributed by atoms with Crippen LogP contribution in [0.1, 0.15) is 40.2 Å². The summed E-state index contributed by atoms with van der Waals surface area (Å²) in [5.41, 5.74) is 0.641. The van der Waals surface area contributed by atoms with Crippen LogP contribution in [0.25, 0.3) is 11.4 Å². The van der Waals surface area contributed by atoms with Crippen molar-refractivity contribution >= 4 is 27.7 Å². The molecule has 9 nitrogen and oxygen atoms in total. The molecule has 0 fully saturated rings. The van der Waals surface area contributed by atoms with Crippen molar-refractivity contribution in [3.05, 3.63) is 24.3 Å². The van der Waals surface area contributed by atoms with Gasteiger partial charge in [0, 0.05) is 24.7 Å². The van der Waals surface area contributed by atoms with Gasteiger partial charge in [0.25, 0.3) is 0 Å². The molecule has 2 rings (SSSR count). The van der Waals surface area contributed by atoms with Gasteiger partial charge in [0.05, 0.1) is 16.7 Å². The van der Waals surface area contributed by atoms with Gasteiger partial charge in [0.1, 0.15) is 6.54 Å². The van der Waals surface area contributed by atoms with Crippen molar-refractivity contribution in [2.75, 3.05) is 25.4 Å². The fourth-order valence-electron chi connectivity index (χ4n) is 2.98. The molecule has 0 saturated carbocycles. The molecule has 0 saturated heterocycles. The zero-order chi connectivity index (χ0) is 23.0. The minimum absolute atomic E-state index is 0.0396. The first-order valence-electron chi connectivity index (χ1n) is 10.1. The zero-order valence-corrected chi connectivity index (χ0v) is 19.8. The summed E-state index contributed by atoms with van der Waals surface area (Å²) in [5.74, 6) is 0.386. The molecule has 11 heteroatoms. The number of carbonyl (C=O) groups is 1. The van der Waals surface area contributed by atoms with Gasteiger partial charge in [-0.15, -0.1) is 10.2 Å². The zero-order valence-electron chi connectivity index (χ0n) is 18.2. The summed E-state index contributed by atoms with van der Waals surface area (Å²) in [7, 11) is -3.60. The lowest BCUT2D eigenvalue weighted by Crippen LogP contribution is -2.30. The Balaban J connectivity index is 2.42. The molecule has 1 heterocycles. The number of thioether (sulfide) groups is 1.